The van der Waals surface area contributed by atoms with Gasteiger partial charge in [0.25, 0.3) is 0 Å². The summed E-state index contributed by atoms with van der Waals surface area (Å²) in [5.74, 6) is 0. The Morgan fingerprint density at radius 3 is 0.808 bits per heavy atom. The molecule has 0 saturated heterocycles. The number of rotatable bonds is 0. The van der Waals surface area contributed by atoms with Crippen LogP contribution in [0.2, 0.25) is 0 Å². The molecule has 16 heteroatoms. The summed E-state index contributed by atoms with van der Waals surface area (Å²) in [6.45, 7) is 23.8. The van der Waals surface area contributed by atoms with Crippen LogP contribution < -0.4 is 0 Å². The first kappa shape index (κ1) is 73.4. The molecule has 0 rings (SSSR count). The summed E-state index contributed by atoms with van der Waals surface area (Å²) in [5, 5.41) is 69.3. The molecule has 131 valence electrons. The Balaban J connectivity index is -0.0000000113. The van der Waals surface area contributed by atoms with Crippen LogP contribution in [0, 0.1) is 106 Å². The smallest absolute Gasteiger partial charge is 0.512 e. The molecular weight excluding hydrogens is 969 g/mol. The Kier molecular flexibility index (Phi) is 990. The Morgan fingerprint density at radius 2 is 0.808 bits per heavy atom. The first-order valence-electron chi connectivity index (χ1n) is 3.50. The van der Waals surface area contributed by atoms with Gasteiger partial charge >= 0.3 is 168 Å². The maximum atomic E-state index is 7.68. The number of hydrogen-bond donors (Lipinski definition) is 0. The van der Waals surface area contributed by atoms with E-state index in [0.29, 0.717) is 26.1 Å². The van der Waals surface area contributed by atoms with E-state index in [0.717, 1.165) is 0 Å². The van der Waals surface area contributed by atoms with E-state index < -0.39 is 39.2 Å². The Morgan fingerprint density at radius 1 is 0.654 bits per heavy atom. The van der Waals surface area contributed by atoms with Crippen LogP contribution in [0.5, 0.6) is 0 Å². The van der Waals surface area contributed by atoms with Crippen LogP contribution in [-0.2, 0) is 82.1 Å². The summed E-state index contributed by atoms with van der Waals surface area (Å²) in [6.07, 6.45) is 0. The molecule has 0 aliphatic carbocycles. The molecule has 0 unspecified atom stereocenters. The molecule has 0 spiro atoms. The molecule has 0 aliphatic rings. The molecule has 0 heterocycles. The van der Waals surface area contributed by atoms with Crippen molar-refractivity contribution in [1.29, 1.82) is 52.6 Å². The summed E-state index contributed by atoms with van der Waals surface area (Å²) in [7, 11) is 0. The molecule has 0 bridgehead atoms. The molecule has 0 fully saturated rings. The second kappa shape index (κ2) is 351. The second-order valence-corrected chi connectivity index (χ2v) is 5.93. The molecule has 0 atom stereocenters. The average molecular weight is 969 g/mol. The van der Waals surface area contributed by atoms with Gasteiger partial charge in [-0.05, 0) is 0 Å². The van der Waals surface area contributed by atoms with Crippen molar-refractivity contribution in [3.63, 3.8) is 0 Å². The SMILES string of the molecule is N#C[Se]C#N.N#[C][Hg].N#[C][Pb][C]#N.[Ag+].[C-]#N.[C-]#N.[C-]#N.[C-]#N.[C-]#N.[Fe+2].[Ni+2]. The van der Waals surface area contributed by atoms with Crippen LogP contribution in [0.1, 0.15) is 0 Å². The van der Waals surface area contributed by atoms with Crippen LogP contribution in [0.25, 0.3) is 0 Å². The van der Waals surface area contributed by atoms with Gasteiger partial charge in [-0.1, -0.05) is 0 Å². The van der Waals surface area contributed by atoms with E-state index in [-0.39, 0.29) is 55.9 Å². The molecule has 0 aliphatic heterocycles. The predicted octanol–water partition coefficient (Wildman–Crippen LogP) is -0.206. The van der Waals surface area contributed by atoms with E-state index in [2.05, 4.69) is 0 Å². The standard InChI is InChI=1S/C2N2Se.8CN.Ag.Fe.Hg.Ni.Pb/c3-1-5-2-4;8*1-2;;;;;/q;;;;5*-1;+1;+2;;+2;. The predicted molar refractivity (Wildman–Crippen MR) is 64.4 cm³/mol. The van der Waals surface area contributed by atoms with Gasteiger partial charge in [-0.2, -0.15) is 0 Å². The van der Waals surface area contributed by atoms with E-state index in [4.69, 9.17) is 85.5 Å². The molecule has 2 radical (unpaired) electrons. The van der Waals surface area contributed by atoms with E-state index >= 15 is 0 Å². The number of nitriles is 5. The minimum absolute atomic E-state index is 0. The van der Waals surface area contributed by atoms with Crippen molar-refractivity contribution in [1.82, 2.24) is 0 Å². The van der Waals surface area contributed by atoms with Gasteiger partial charge in [0.2, 0.25) is 0 Å². The molecule has 0 aromatic rings. The molecular formula is C10AgFeHgN10NiPbSe. The molecule has 10 nitrogen and oxygen atoms in total. The van der Waals surface area contributed by atoms with Gasteiger partial charge in [0.15, 0.2) is 0 Å². The molecule has 0 amide bonds. The monoisotopic (exact) mass is 971 g/mol. The van der Waals surface area contributed by atoms with E-state index in [1.807, 2.05) is 10.8 Å². The molecule has 26 heavy (non-hydrogen) atoms. The van der Waals surface area contributed by atoms with Crippen LogP contribution >= 0.6 is 0 Å². The summed E-state index contributed by atoms with van der Waals surface area (Å²) in [6, 6.07) is 0. The third kappa shape index (κ3) is 1220. The maximum absolute atomic E-state index is 7.68. The van der Waals surface area contributed by atoms with Gasteiger partial charge in [0.05, 0.1) is 0 Å². The largest absolute Gasteiger partial charge is 2.00 e. The van der Waals surface area contributed by atoms with Gasteiger partial charge in [-0.3, -0.25) is 0 Å². The molecule has 0 aromatic heterocycles. The summed E-state index contributed by atoms with van der Waals surface area (Å²) < 4.78 is 5.65. The fourth-order valence-corrected chi connectivity index (χ4v) is 0.325. The minimum atomic E-state index is -1.34. The van der Waals surface area contributed by atoms with Crippen LogP contribution in [0.3, 0.4) is 0 Å². The molecule has 0 aromatic carbocycles. The van der Waals surface area contributed by atoms with Crippen LogP contribution in [0.4, 0.5) is 0 Å². The summed E-state index contributed by atoms with van der Waals surface area (Å²) >= 11 is -1.40. The Bertz CT molecular complexity index is 422. The van der Waals surface area contributed by atoms with Crippen molar-refractivity contribution in [2.45, 2.75) is 0 Å². The number of nitrogens with zero attached hydrogens (tertiary/aromatic N) is 10. The van der Waals surface area contributed by atoms with E-state index in [1.54, 1.807) is 9.94 Å². The maximum Gasteiger partial charge on any atom is 2.00 e. The first-order valence-corrected chi connectivity index (χ1v) is 11.8. The van der Waals surface area contributed by atoms with Gasteiger partial charge in [0.1, 0.15) is 0 Å². The summed E-state index contributed by atoms with van der Waals surface area (Å²) in [4.78, 5) is 3.44. The zero-order valence-corrected chi connectivity index (χ0v) is 26.7. The van der Waals surface area contributed by atoms with Crippen molar-refractivity contribution in [3.8, 4) is 20.8 Å². The average Bonchev–Trinajstić information content (AvgIpc) is 2.66. The van der Waals surface area contributed by atoms with Crippen molar-refractivity contribution in [2.75, 3.05) is 0 Å². The Hall–Kier alpha value is -0.970. The minimum Gasteiger partial charge on any atom is -0.512 e. The van der Waals surface area contributed by atoms with Gasteiger partial charge < -0.3 is 59.2 Å². The van der Waals surface area contributed by atoms with Crippen molar-refractivity contribution >= 4 is 39.2 Å². The van der Waals surface area contributed by atoms with Crippen LogP contribution in [0.15, 0.2) is 0 Å². The molecule has 0 saturated carbocycles. The zero-order chi connectivity index (χ0) is 20.9. The zero-order valence-electron chi connectivity index (χ0n) is 12.1. The molecule has 0 N–H and O–H groups in total. The van der Waals surface area contributed by atoms with Gasteiger partial charge in [-0.15, -0.1) is 0 Å². The topological polar surface area (TPSA) is 238 Å². The first-order chi connectivity index (χ1) is 11.2. The summed E-state index contributed by atoms with van der Waals surface area (Å²) in [5.41, 5.74) is 0. The second-order valence-electron chi connectivity index (χ2n) is 0.791. The van der Waals surface area contributed by atoms with E-state index in [9.17, 15) is 0 Å². The third-order valence-electron chi connectivity index (χ3n) is 0.203. The number of hydrogen-bond acceptors (Lipinski definition) is 10. The van der Waals surface area contributed by atoms with Crippen molar-refractivity contribution < 1.29 is 82.1 Å². The van der Waals surface area contributed by atoms with Gasteiger partial charge in [-0.25, -0.2) is 0 Å². The third-order valence-corrected chi connectivity index (χ3v) is 1.46. The fourth-order valence-electron chi connectivity index (χ4n) is 0.0454. The van der Waals surface area contributed by atoms with Crippen LogP contribution in [-0.4, -0.2) is 39.2 Å². The van der Waals surface area contributed by atoms with Gasteiger partial charge in [0, 0.05) is 0 Å². The normalized spacial score (nSPS) is 2.42. The van der Waals surface area contributed by atoms with Crippen molar-refractivity contribution in [2.24, 2.45) is 0 Å². The van der Waals surface area contributed by atoms with E-state index in [1.165, 1.54) is 0 Å². The quantitative estimate of drug-likeness (QED) is 0.229. The fraction of sp³-hybridized carbons (Fsp3) is 0. The van der Waals surface area contributed by atoms with Crippen molar-refractivity contribution in [3.05, 3.63) is 32.9 Å². The Labute approximate surface area is 224 Å².